The molecule has 3 aromatic rings. The third kappa shape index (κ3) is 4.87. The molecule has 8 heteroatoms. The predicted octanol–water partition coefficient (Wildman–Crippen LogP) is 3.26. The number of carbonyl (C=O) groups excluding carboxylic acids is 1. The summed E-state index contributed by atoms with van der Waals surface area (Å²) in [6.07, 6.45) is 6.33. The minimum absolute atomic E-state index is 0.0525. The van der Waals surface area contributed by atoms with Gasteiger partial charge in [0.15, 0.2) is 17.3 Å². The van der Waals surface area contributed by atoms with Crippen LogP contribution in [0.15, 0.2) is 54.7 Å². The molecular weight excluding hydrogens is 430 g/mol. The Morgan fingerprint density at radius 1 is 1.21 bits per heavy atom. The number of allylic oxidation sites excluding steroid dienone is 1. The van der Waals surface area contributed by atoms with Crippen molar-refractivity contribution < 1.29 is 14.3 Å². The second-order valence-corrected chi connectivity index (χ2v) is 8.32. The second kappa shape index (κ2) is 9.93. The second-order valence-electron chi connectivity index (χ2n) is 8.32. The maximum absolute atomic E-state index is 13.3. The molecule has 1 aromatic heterocycles. The molecule has 2 unspecified atom stereocenters. The Balaban J connectivity index is 1.60. The lowest BCUT2D eigenvalue weighted by molar-refractivity contribution is 0.104. The summed E-state index contributed by atoms with van der Waals surface area (Å²) < 4.78 is 11.0. The number of anilines is 2. The highest BCUT2D eigenvalue weighted by Gasteiger charge is 2.22. The SMILES string of the molecule is COc1cc(Cc2cnc(N)nc2N)cc(C(=O)C=CC2Cc3ccccc3C(C)N2)c1OC. The number of nitrogen functional groups attached to an aromatic ring is 2. The first-order valence-electron chi connectivity index (χ1n) is 11.1. The molecule has 1 aliphatic rings. The molecule has 2 heterocycles. The van der Waals surface area contributed by atoms with Gasteiger partial charge in [-0.3, -0.25) is 4.79 Å². The molecule has 34 heavy (non-hydrogen) atoms. The van der Waals surface area contributed by atoms with Gasteiger partial charge in [-0.05, 0) is 48.2 Å². The van der Waals surface area contributed by atoms with Crippen LogP contribution in [-0.4, -0.2) is 36.0 Å². The fourth-order valence-electron chi connectivity index (χ4n) is 4.36. The molecule has 4 rings (SSSR count). The number of fused-ring (bicyclic) bond motifs is 1. The van der Waals surface area contributed by atoms with Crippen LogP contribution >= 0.6 is 0 Å². The molecule has 0 aliphatic carbocycles. The fourth-order valence-corrected chi connectivity index (χ4v) is 4.36. The summed E-state index contributed by atoms with van der Waals surface area (Å²) in [5.74, 6) is 1.09. The number of aromatic nitrogens is 2. The molecule has 176 valence electrons. The molecule has 0 amide bonds. The summed E-state index contributed by atoms with van der Waals surface area (Å²) in [4.78, 5) is 21.3. The van der Waals surface area contributed by atoms with Crippen molar-refractivity contribution in [1.29, 1.82) is 0 Å². The van der Waals surface area contributed by atoms with Crippen molar-refractivity contribution in [3.8, 4) is 11.5 Å². The Morgan fingerprint density at radius 3 is 2.74 bits per heavy atom. The Hall–Kier alpha value is -3.91. The van der Waals surface area contributed by atoms with Crippen molar-refractivity contribution in [2.75, 3.05) is 25.7 Å². The van der Waals surface area contributed by atoms with Gasteiger partial charge in [0.1, 0.15) is 5.82 Å². The molecule has 0 saturated heterocycles. The molecule has 2 aromatic carbocycles. The number of benzene rings is 2. The van der Waals surface area contributed by atoms with Gasteiger partial charge in [-0.15, -0.1) is 0 Å². The van der Waals surface area contributed by atoms with E-state index >= 15 is 0 Å². The van der Waals surface area contributed by atoms with Crippen molar-refractivity contribution >= 4 is 17.5 Å². The zero-order valence-electron chi connectivity index (χ0n) is 19.5. The summed E-state index contributed by atoms with van der Waals surface area (Å²) in [6.45, 7) is 2.13. The van der Waals surface area contributed by atoms with E-state index in [1.54, 1.807) is 18.3 Å². The lowest BCUT2D eigenvalue weighted by Gasteiger charge is -2.29. The van der Waals surface area contributed by atoms with Crippen LogP contribution in [0.3, 0.4) is 0 Å². The number of hydrogen-bond acceptors (Lipinski definition) is 8. The van der Waals surface area contributed by atoms with E-state index in [-0.39, 0.29) is 23.8 Å². The summed E-state index contributed by atoms with van der Waals surface area (Å²) in [7, 11) is 3.06. The maximum Gasteiger partial charge on any atom is 0.221 e. The lowest BCUT2D eigenvalue weighted by Crippen LogP contribution is -2.36. The number of ketones is 1. The normalized spacial score (nSPS) is 17.4. The topological polar surface area (TPSA) is 125 Å². The Kier molecular flexibility index (Phi) is 6.79. The highest BCUT2D eigenvalue weighted by molar-refractivity contribution is 6.07. The van der Waals surface area contributed by atoms with Gasteiger partial charge in [0.05, 0.1) is 19.8 Å². The number of ether oxygens (including phenoxy) is 2. The first-order chi connectivity index (χ1) is 16.4. The van der Waals surface area contributed by atoms with Crippen LogP contribution in [0, 0.1) is 0 Å². The van der Waals surface area contributed by atoms with Gasteiger partial charge >= 0.3 is 0 Å². The Bertz CT molecular complexity index is 1240. The van der Waals surface area contributed by atoms with E-state index in [4.69, 9.17) is 20.9 Å². The molecule has 0 fully saturated rings. The summed E-state index contributed by atoms with van der Waals surface area (Å²) >= 11 is 0. The van der Waals surface area contributed by atoms with Crippen molar-refractivity contribution in [2.24, 2.45) is 0 Å². The third-order valence-electron chi connectivity index (χ3n) is 6.02. The van der Waals surface area contributed by atoms with Crippen LogP contribution in [0.4, 0.5) is 11.8 Å². The standard InChI is InChI=1S/C26H29N5O3/c1-15-20-7-5-4-6-17(20)13-19(30-15)8-9-22(32)21-11-16(12-23(33-2)24(21)34-3)10-18-14-29-26(28)31-25(18)27/h4-9,11-12,14-15,19,30H,10,13H2,1-3H3,(H4,27,28,29,31). The van der Waals surface area contributed by atoms with Crippen LogP contribution in [0.25, 0.3) is 0 Å². The van der Waals surface area contributed by atoms with Gasteiger partial charge < -0.3 is 26.3 Å². The van der Waals surface area contributed by atoms with Gasteiger partial charge in [-0.1, -0.05) is 30.3 Å². The minimum Gasteiger partial charge on any atom is -0.493 e. The molecule has 0 radical (unpaired) electrons. The molecular formula is C26H29N5O3. The van der Waals surface area contributed by atoms with Crippen LogP contribution in [0.2, 0.25) is 0 Å². The summed E-state index contributed by atoms with van der Waals surface area (Å²) in [6, 6.07) is 12.2. The van der Waals surface area contributed by atoms with Gasteiger partial charge in [0, 0.05) is 30.3 Å². The van der Waals surface area contributed by atoms with Gasteiger partial charge in [0.25, 0.3) is 0 Å². The lowest BCUT2D eigenvalue weighted by atomic mass is 9.90. The van der Waals surface area contributed by atoms with Crippen LogP contribution in [0.1, 0.15) is 45.6 Å². The quantitative estimate of drug-likeness (QED) is 0.363. The van der Waals surface area contributed by atoms with Gasteiger partial charge in [0.2, 0.25) is 5.95 Å². The van der Waals surface area contributed by atoms with Crippen molar-refractivity contribution in [3.05, 3.63) is 82.6 Å². The van der Waals surface area contributed by atoms with Crippen molar-refractivity contribution in [3.63, 3.8) is 0 Å². The number of nitrogens with one attached hydrogen (secondary N) is 1. The van der Waals surface area contributed by atoms with Gasteiger partial charge in [-0.25, -0.2) is 4.98 Å². The molecule has 1 aliphatic heterocycles. The summed E-state index contributed by atoms with van der Waals surface area (Å²) in [5.41, 5.74) is 16.1. The average Bonchev–Trinajstić information content (AvgIpc) is 2.83. The van der Waals surface area contributed by atoms with E-state index in [1.807, 2.05) is 24.3 Å². The predicted molar refractivity (Wildman–Crippen MR) is 132 cm³/mol. The smallest absolute Gasteiger partial charge is 0.221 e. The number of carbonyl (C=O) groups is 1. The third-order valence-corrected chi connectivity index (χ3v) is 6.02. The van der Waals surface area contributed by atoms with E-state index in [2.05, 4.69) is 34.3 Å². The highest BCUT2D eigenvalue weighted by atomic mass is 16.5. The molecule has 8 nitrogen and oxygen atoms in total. The van der Waals surface area contributed by atoms with E-state index in [1.165, 1.54) is 25.3 Å². The zero-order valence-corrected chi connectivity index (χ0v) is 19.5. The maximum atomic E-state index is 13.3. The number of nitrogens with two attached hydrogens (primary N) is 2. The molecule has 0 saturated carbocycles. The monoisotopic (exact) mass is 459 g/mol. The van der Waals surface area contributed by atoms with Crippen molar-refractivity contribution in [2.45, 2.75) is 31.8 Å². The van der Waals surface area contributed by atoms with E-state index in [0.29, 0.717) is 34.9 Å². The average molecular weight is 460 g/mol. The number of methoxy groups -OCH3 is 2. The Morgan fingerprint density at radius 2 is 2.00 bits per heavy atom. The first kappa shape index (κ1) is 23.3. The van der Waals surface area contributed by atoms with E-state index in [0.717, 1.165) is 12.0 Å². The fraction of sp³-hybridized carbons (Fsp3) is 0.269. The minimum atomic E-state index is -0.174. The molecule has 0 bridgehead atoms. The van der Waals surface area contributed by atoms with Crippen molar-refractivity contribution in [1.82, 2.24) is 15.3 Å². The zero-order chi connectivity index (χ0) is 24.2. The molecule has 2 atom stereocenters. The van der Waals surface area contributed by atoms with Crippen LogP contribution in [-0.2, 0) is 12.8 Å². The van der Waals surface area contributed by atoms with Gasteiger partial charge in [-0.2, -0.15) is 4.98 Å². The van der Waals surface area contributed by atoms with E-state index < -0.39 is 0 Å². The first-order valence-corrected chi connectivity index (χ1v) is 11.1. The number of nitrogens with zero attached hydrogens (tertiary/aromatic N) is 2. The number of rotatable bonds is 7. The largest absolute Gasteiger partial charge is 0.493 e. The Labute approximate surface area is 199 Å². The summed E-state index contributed by atoms with van der Waals surface area (Å²) in [5, 5.41) is 3.55. The van der Waals surface area contributed by atoms with E-state index in [9.17, 15) is 4.79 Å². The molecule has 0 spiro atoms. The highest BCUT2D eigenvalue weighted by Crippen LogP contribution is 2.34. The molecule has 5 N–H and O–H groups in total. The van der Waals surface area contributed by atoms with Crippen LogP contribution in [0.5, 0.6) is 11.5 Å². The number of hydrogen-bond donors (Lipinski definition) is 3. The van der Waals surface area contributed by atoms with Crippen LogP contribution < -0.4 is 26.3 Å².